The number of benzene rings is 2. The fraction of sp³-hybridized carbons (Fsp3) is 0.500. The summed E-state index contributed by atoms with van der Waals surface area (Å²) in [5, 5.41) is 2.03. The summed E-state index contributed by atoms with van der Waals surface area (Å²) in [7, 11) is 0. The fourth-order valence-corrected chi connectivity index (χ4v) is 5.63. The SMILES string of the molecule is C=C(C)C(=O)OC(CC)COc1c2c(c(OCC(CC)OC(=O)C(=C)C)c3c(C)cccc13)C1CCC2C1. The molecule has 1 saturated carbocycles. The highest BCUT2D eigenvalue weighted by Gasteiger charge is 2.43. The number of esters is 2. The van der Waals surface area contributed by atoms with Gasteiger partial charge in [-0.1, -0.05) is 45.2 Å². The minimum Gasteiger partial charge on any atom is -0.489 e. The van der Waals surface area contributed by atoms with Crippen LogP contribution in [0.2, 0.25) is 0 Å². The lowest BCUT2D eigenvalue weighted by Gasteiger charge is -2.27. The maximum absolute atomic E-state index is 12.2. The lowest BCUT2D eigenvalue weighted by molar-refractivity contribution is -0.146. The quantitative estimate of drug-likeness (QED) is 0.220. The standard InChI is InChI=1S/C32H40O6/c1-8-23(37-31(33)18(3)4)16-35-29-25-12-10-11-20(7)26(25)30(28-22-14-13-21(15-22)27(28)29)36-17-24(9-2)38-32(34)19(5)6/h10-12,21-24H,3,5,8-9,13-17H2,1-2,4,6-7H3. The van der Waals surface area contributed by atoms with Crippen molar-refractivity contribution >= 4 is 22.7 Å². The van der Waals surface area contributed by atoms with Gasteiger partial charge in [0.2, 0.25) is 0 Å². The van der Waals surface area contributed by atoms with Crippen molar-refractivity contribution in [2.45, 2.75) is 90.8 Å². The molecule has 38 heavy (non-hydrogen) atoms. The van der Waals surface area contributed by atoms with Gasteiger partial charge in [0.15, 0.2) is 0 Å². The van der Waals surface area contributed by atoms with E-state index in [4.69, 9.17) is 18.9 Å². The van der Waals surface area contributed by atoms with E-state index in [0.29, 0.717) is 35.8 Å². The zero-order valence-corrected chi connectivity index (χ0v) is 23.4. The van der Waals surface area contributed by atoms with E-state index in [1.54, 1.807) is 13.8 Å². The van der Waals surface area contributed by atoms with E-state index in [-0.39, 0.29) is 25.4 Å². The van der Waals surface area contributed by atoms with Gasteiger partial charge in [-0.3, -0.25) is 0 Å². The van der Waals surface area contributed by atoms with Crippen LogP contribution < -0.4 is 9.47 Å². The Kier molecular flexibility index (Phi) is 8.49. The van der Waals surface area contributed by atoms with Crippen LogP contribution >= 0.6 is 0 Å². The molecule has 0 spiro atoms. The molecule has 2 aromatic rings. The van der Waals surface area contributed by atoms with E-state index in [0.717, 1.165) is 47.1 Å². The molecule has 0 aliphatic heterocycles. The number of carbonyl (C=O) groups is 2. The third-order valence-corrected chi connectivity index (χ3v) is 7.76. The Labute approximate surface area is 226 Å². The Morgan fingerprint density at radius 3 is 1.87 bits per heavy atom. The van der Waals surface area contributed by atoms with E-state index in [1.165, 1.54) is 11.1 Å². The monoisotopic (exact) mass is 520 g/mol. The molecular weight excluding hydrogens is 480 g/mol. The van der Waals surface area contributed by atoms with Gasteiger partial charge in [0, 0.05) is 33.0 Å². The highest BCUT2D eigenvalue weighted by molar-refractivity contribution is 5.99. The van der Waals surface area contributed by atoms with Crippen LogP contribution in [0.1, 0.15) is 88.3 Å². The van der Waals surface area contributed by atoms with Crippen molar-refractivity contribution in [1.29, 1.82) is 0 Å². The van der Waals surface area contributed by atoms with E-state index in [9.17, 15) is 9.59 Å². The van der Waals surface area contributed by atoms with Gasteiger partial charge in [0.25, 0.3) is 0 Å². The van der Waals surface area contributed by atoms with Crippen LogP contribution in [-0.4, -0.2) is 37.4 Å². The second kappa shape index (κ2) is 11.6. The molecule has 0 N–H and O–H groups in total. The smallest absolute Gasteiger partial charge is 0.333 e. The third kappa shape index (κ3) is 5.45. The Hall–Kier alpha value is -3.28. The number of hydrogen-bond donors (Lipinski definition) is 0. The number of rotatable bonds is 12. The topological polar surface area (TPSA) is 71.1 Å². The summed E-state index contributed by atoms with van der Waals surface area (Å²) in [6, 6.07) is 6.20. The molecule has 2 aliphatic carbocycles. The summed E-state index contributed by atoms with van der Waals surface area (Å²) in [5.41, 5.74) is 4.31. The molecule has 0 aromatic heterocycles. The molecule has 0 radical (unpaired) electrons. The van der Waals surface area contributed by atoms with Gasteiger partial charge < -0.3 is 18.9 Å². The highest BCUT2D eigenvalue weighted by Crippen LogP contribution is 2.61. The largest absolute Gasteiger partial charge is 0.489 e. The molecular formula is C32H40O6. The number of fused-ring (bicyclic) bond motifs is 6. The van der Waals surface area contributed by atoms with Crippen molar-refractivity contribution in [3.05, 3.63) is 59.2 Å². The first-order chi connectivity index (χ1) is 18.2. The number of aryl methyl sites for hydroxylation is 1. The Morgan fingerprint density at radius 1 is 0.868 bits per heavy atom. The number of carbonyl (C=O) groups excluding carboxylic acids is 2. The predicted molar refractivity (Wildman–Crippen MR) is 149 cm³/mol. The lowest BCUT2D eigenvalue weighted by atomic mass is 9.86. The van der Waals surface area contributed by atoms with Crippen LogP contribution in [0, 0.1) is 6.92 Å². The molecule has 0 heterocycles. The maximum Gasteiger partial charge on any atom is 0.333 e. The average Bonchev–Trinajstić information content (AvgIpc) is 3.51. The van der Waals surface area contributed by atoms with E-state index >= 15 is 0 Å². The molecule has 4 atom stereocenters. The molecule has 4 unspecified atom stereocenters. The summed E-state index contributed by atoms with van der Waals surface area (Å²) >= 11 is 0. The van der Waals surface area contributed by atoms with Crippen LogP contribution in [0.5, 0.6) is 11.5 Å². The van der Waals surface area contributed by atoms with Crippen molar-refractivity contribution < 1.29 is 28.5 Å². The third-order valence-electron chi connectivity index (χ3n) is 7.76. The first-order valence-corrected chi connectivity index (χ1v) is 13.7. The number of hydrogen-bond acceptors (Lipinski definition) is 6. The Balaban J connectivity index is 1.72. The summed E-state index contributed by atoms with van der Waals surface area (Å²) in [5.74, 6) is 1.80. The van der Waals surface area contributed by atoms with Crippen LogP contribution in [0.15, 0.2) is 42.5 Å². The van der Waals surface area contributed by atoms with Gasteiger partial charge in [-0.15, -0.1) is 0 Å². The minimum absolute atomic E-state index is 0.275. The minimum atomic E-state index is -0.396. The van der Waals surface area contributed by atoms with E-state index in [1.807, 2.05) is 19.9 Å². The molecule has 4 rings (SSSR count). The van der Waals surface area contributed by atoms with Crippen LogP contribution in [-0.2, 0) is 19.1 Å². The molecule has 2 aliphatic rings. The van der Waals surface area contributed by atoms with Gasteiger partial charge in [0.05, 0.1) is 0 Å². The maximum atomic E-state index is 12.2. The van der Waals surface area contributed by atoms with Crippen molar-refractivity contribution in [2.75, 3.05) is 13.2 Å². The van der Waals surface area contributed by atoms with Crippen LogP contribution in [0.25, 0.3) is 10.8 Å². The normalized spacial score (nSPS) is 19.0. The van der Waals surface area contributed by atoms with Crippen LogP contribution in [0.3, 0.4) is 0 Å². The van der Waals surface area contributed by atoms with Crippen molar-refractivity contribution in [1.82, 2.24) is 0 Å². The molecule has 6 nitrogen and oxygen atoms in total. The first kappa shape index (κ1) is 27.7. The lowest BCUT2D eigenvalue weighted by Crippen LogP contribution is -2.26. The second-order valence-electron chi connectivity index (χ2n) is 10.7. The zero-order chi connectivity index (χ0) is 27.6. The summed E-state index contributed by atoms with van der Waals surface area (Å²) in [4.78, 5) is 24.3. The molecule has 2 bridgehead atoms. The molecule has 0 amide bonds. The second-order valence-corrected chi connectivity index (χ2v) is 10.7. The van der Waals surface area contributed by atoms with Crippen molar-refractivity contribution in [3.8, 4) is 11.5 Å². The van der Waals surface area contributed by atoms with E-state index in [2.05, 4.69) is 32.2 Å². The summed E-state index contributed by atoms with van der Waals surface area (Å²) in [6.07, 6.45) is 3.90. The van der Waals surface area contributed by atoms with Gasteiger partial charge in [-0.05, 0) is 70.3 Å². The zero-order valence-electron chi connectivity index (χ0n) is 23.4. The molecule has 204 valence electrons. The fourth-order valence-electron chi connectivity index (χ4n) is 5.63. The van der Waals surface area contributed by atoms with Crippen molar-refractivity contribution in [3.63, 3.8) is 0 Å². The number of ether oxygens (including phenoxy) is 4. The summed E-state index contributed by atoms with van der Waals surface area (Å²) < 4.78 is 24.3. The van der Waals surface area contributed by atoms with Crippen LogP contribution in [0.4, 0.5) is 0 Å². The van der Waals surface area contributed by atoms with Gasteiger partial charge in [-0.25, -0.2) is 9.59 Å². The highest BCUT2D eigenvalue weighted by atomic mass is 16.6. The average molecular weight is 521 g/mol. The summed E-state index contributed by atoms with van der Waals surface area (Å²) in [6.45, 7) is 17.3. The van der Waals surface area contributed by atoms with Crippen molar-refractivity contribution in [2.24, 2.45) is 0 Å². The first-order valence-electron chi connectivity index (χ1n) is 13.7. The van der Waals surface area contributed by atoms with Gasteiger partial charge >= 0.3 is 11.9 Å². The van der Waals surface area contributed by atoms with Gasteiger partial charge in [-0.2, -0.15) is 0 Å². The predicted octanol–water partition coefficient (Wildman–Crippen LogP) is 7.07. The molecule has 2 aromatic carbocycles. The Bertz CT molecular complexity index is 1260. The molecule has 1 fully saturated rings. The molecule has 6 heteroatoms. The molecule has 0 saturated heterocycles. The van der Waals surface area contributed by atoms with Gasteiger partial charge in [0.1, 0.15) is 36.9 Å². The Morgan fingerprint density at radius 2 is 1.37 bits per heavy atom. The van der Waals surface area contributed by atoms with E-state index < -0.39 is 11.9 Å².